The molecule has 0 aromatic carbocycles. The first-order chi connectivity index (χ1) is 7.15. The summed E-state index contributed by atoms with van der Waals surface area (Å²) in [5, 5.41) is 0. The van der Waals surface area contributed by atoms with Crippen LogP contribution in [0.2, 0.25) is 0 Å². The molecule has 2 saturated carbocycles. The lowest BCUT2D eigenvalue weighted by molar-refractivity contribution is -0.157. The van der Waals surface area contributed by atoms with E-state index in [1.807, 2.05) is 0 Å². The van der Waals surface area contributed by atoms with Gasteiger partial charge in [-0.05, 0) is 32.1 Å². The molecule has 2 aliphatic carbocycles. The minimum absolute atomic E-state index is 0.0263. The van der Waals surface area contributed by atoms with Crippen molar-refractivity contribution >= 4 is 17.5 Å². The zero-order valence-corrected chi connectivity index (χ0v) is 8.69. The molecule has 4 heteroatoms. The van der Waals surface area contributed by atoms with Crippen molar-refractivity contribution in [3.05, 3.63) is 0 Å². The van der Waals surface area contributed by atoms with Gasteiger partial charge >= 0.3 is 5.97 Å². The van der Waals surface area contributed by atoms with Crippen LogP contribution in [-0.2, 0) is 19.1 Å². The number of Topliss-reactive ketones (excluding diaryl/α,β-unsaturated/α-hetero) is 2. The largest absolute Gasteiger partial charge is 0.460 e. The van der Waals surface area contributed by atoms with Gasteiger partial charge in [-0.3, -0.25) is 9.59 Å². The number of ketones is 2. The van der Waals surface area contributed by atoms with E-state index in [1.54, 1.807) is 6.92 Å². The molecule has 2 bridgehead atoms. The summed E-state index contributed by atoms with van der Waals surface area (Å²) < 4.78 is 4.63. The van der Waals surface area contributed by atoms with E-state index >= 15 is 0 Å². The van der Waals surface area contributed by atoms with Crippen molar-refractivity contribution in [2.45, 2.75) is 26.2 Å². The molecule has 0 N–H and O–H groups in total. The van der Waals surface area contributed by atoms with Gasteiger partial charge < -0.3 is 4.74 Å². The fourth-order valence-corrected chi connectivity index (χ4v) is 2.74. The SMILES string of the molecule is CCOC(=O)C(=O)C1C(=O)[C@H]2CC[C@@H]1C2. The van der Waals surface area contributed by atoms with Crippen LogP contribution >= 0.6 is 0 Å². The number of carbonyl (C=O) groups is 3. The lowest BCUT2D eigenvalue weighted by Gasteiger charge is -2.17. The van der Waals surface area contributed by atoms with Crippen molar-refractivity contribution in [2.75, 3.05) is 6.61 Å². The van der Waals surface area contributed by atoms with Crippen LogP contribution in [0.5, 0.6) is 0 Å². The van der Waals surface area contributed by atoms with Crippen molar-refractivity contribution in [2.24, 2.45) is 17.8 Å². The number of ether oxygens (including phenoxy) is 1. The minimum Gasteiger partial charge on any atom is -0.460 e. The summed E-state index contributed by atoms with van der Waals surface area (Å²) in [6, 6.07) is 0. The van der Waals surface area contributed by atoms with E-state index in [1.165, 1.54) is 0 Å². The number of fused-ring (bicyclic) bond motifs is 2. The van der Waals surface area contributed by atoms with Crippen molar-refractivity contribution in [1.29, 1.82) is 0 Å². The molecule has 1 unspecified atom stereocenters. The molecule has 0 aromatic heterocycles. The Kier molecular flexibility index (Phi) is 2.59. The van der Waals surface area contributed by atoms with Gasteiger partial charge in [0, 0.05) is 5.92 Å². The van der Waals surface area contributed by atoms with Crippen LogP contribution in [0.3, 0.4) is 0 Å². The summed E-state index contributed by atoms with van der Waals surface area (Å²) in [5.41, 5.74) is 0. The molecule has 0 radical (unpaired) electrons. The van der Waals surface area contributed by atoms with Crippen molar-refractivity contribution in [1.82, 2.24) is 0 Å². The Labute approximate surface area is 88.0 Å². The molecule has 0 amide bonds. The van der Waals surface area contributed by atoms with Gasteiger partial charge in [-0.25, -0.2) is 4.79 Å². The smallest absolute Gasteiger partial charge is 0.375 e. The second-order valence-electron chi connectivity index (χ2n) is 4.23. The zero-order chi connectivity index (χ0) is 11.0. The lowest BCUT2D eigenvalue weighted by atomic mass is 9.84. The van der Waals surface area contributed by atoms with E-state index in [2.05, 4.69) is 4.74 Å². The molecule has 0 saturated heterocycles. The van der Waals surface area contributed by atoms with Crippen molar-refractivity contribution < 1.29 is 19.1 Å². The van der Waals surface area contributed by atoms with Gasteiger partial charge in [0.25, 0.3) is 5.78 Å². The monoisotopic (exact) mass is 210 g/mol. The molecule has 0 aliphatic heterocycles. The van der Waals surface area contributed by atoms with E-state index in [4.69, 9.17) is 0 Å². The fourth-order valence-electron chi connectivity index (χ4n) is 2.74. The molecule has 0 heterocycles. The first-order valence-electron chi connectivity index (χ1n) is 5.39. The fraction of sp³-hybridized carbons (Fsp3) is 0.727. The first kappa shape index (κ1) is 10.3. The first-order valence-corrected chi connectivity index (χ1v) is 5.39. The predicted molar refractivity (Wildman–Crippen MR) is 51.0 cm³/mol. The van der Waals surface area contributed by atoms with Gasteiger partial charge in [0.15, 0.2) is 0 Å². The Hall–Kier alpha value is -1.19. The van der Waals surface area contributed by atoms with Gasteiger partial charge in [-0.15, -0.1) is 0 Å². The molecule has 0 spiro atoms. The van der Waals surface area contributed by atoms with Gasteiger partial charge in [-0.1, -0.05) is 0 Å². The quantitative estimate of drug-likeness (QED) is 0.391. The van der Waals surface area contributed by atoms with E-state index in [-0.39, 0.29) is 24.2 Å². The molecule has 82 valence electrons. The molecular formula is C11H14O4. The maximum atomic E-state index is 11.7. The number of carbonyl (C=O) groups excluding carboxylic acids is 3. The summed E-state index contributed by atoms with van der Waals surface area (Å²) in [4.78, 5) is 34.6. The average molecular weight is 210 g/mol. The Morgan fingerprint density at radius 3 is 2.67 bits per heavy atom. The van der Waals surface area contributed by atoms with Crippen LogP contribution in [0.25, 0.3) is 0 Å². The number of esters is 1. The topological polar surface area (TPSA) is 60.4 Å². The highest BCUT2D eigenvalue weighted by Crippen LogP contribution is 2.46. The Morgan fingerprint density at radius 2 is 2.13 bits per heavy atom. The van der Waals surface area contributed by atoms with Crippen LogP contribution in [0.15, 0.2) is 0 Å². The summed E-state index contributed by atoms with van der Waals surface area (Å²) >= 11 is 0. The third-order valence-corrected chi connectivity index (χ3v) is 3.41. The molecule has 2 aliphatic rings. The van der Waals surface area contributed by atoms with Gasteiger partial charge in [0.2, 0.25) is 0 Å². The summed E-state index contributed by atoms with van der Waals surface area (Å²) in [7, 11) is 0. The summed E-state index contributed by atoms with van der Waals surface area (Å²) in [6.45, 7) is 1.83. The molecule has 2 fully saturated rings. The van der Waals surface area contributed by atoms with Gasteiger partial charge in [-0.2, -0.15) is 0 Å². The summed E-state index contributed by atoms with van der Waals surface area (Å²) in [6.07, 6.45) is 2.57. The second kappa shape index (κ2) is 3.76. The maximum absolute atomic E-state index is 11.7. The maximum Gasteiger partial charge on any atom is 0.375 e. The Morgan fingerprint density at radius 1 is 1.40 bits per heavy atom. The summed E-state index contributed by atoms with van der Waals surface area (Å²) in [5.74, 6) is -2.08. The molecule has 15 heavy (non-hydrogen) atoms. The third-order valence-electron chi connectivity index (χ3n) is 3.41. The normalized spacial score (nSPS) is 33.1. The highest BCUT2D eigenvalue weighted by atomic mass is 16.5. The van der Waals surface area contributed by atoms with E-state index in [0.29, 0.717) is 0 Å². The molecule has 2 rings (SSSR count). The van der Waals surface area contributed by atoms with Gasteiger partial charge in [0.05, 0.1) is 12.5 Å². The van der Waals surface area contributed by atoms with Crippen molar-refractivity contribution in [3.8, 4) is 0 Å². The average Bonchev–Trinajstić information content (AvgIpc) is 2.77. The standard InChI is InChI=1S/C11H14O4/c1-2-15-11(14)10(13)8-6-3-4-7(5-6)9(8)12/h6-8H,2-5H2,1H3/t6-,7+,8?/m1/s1. The second-order valence-corrected chi connectivity index (χ2v) is 4.23. The third kappa shape index (κ3) is 1.58. The number of hydrogen-bond acceptors (Lipinski definition) is 4. The van der Waals surface area contributed by atoms with Crippen LogP contribution in [0, 0.1) is 17.8 Å². The van der Waals surface area contributed by atoms with Gasteiger partial charge in [0.1, 0.15) is 5.78 Å². The Bertz CT molecular complexity index is 321. The predicted octanol–water partition coefficient (Wildman–Crippen LogP) is 0.734. The highest BCUT2D eigenvalue weighted by Gasteiger charge is 2.51. The number of rotatable bonds is 3. The molecule has 0 aromatic rings. The van der Waals surface area contributed by atoms with Crippen LogP contribution in [-0.4, -0.2) is 24.1 Å². The van der Waals surface area contributed by atoms with Crippen molar-refractivity contribution in [3.63, 3.8) is 0 Å². The van der Waals surface area contributed by atoms with E-state index in [9.17, 15) is 14.4 Å². The van der Waals surface area contributed by atoms with Crippen LogP contribution in [0.4, 0.5) is 0 Å². The van der Waals surface area contributed by atoms with Crippen LogP contribution < -0.4 is 0 Å². The van der Waals surface area contributed by atoms with E-state index < -0.39 is 17.7 Å². The Balaban J connectivity index is 2.08. The molecule has 3 atom stereocenters. The minimum atomic E-state index is -0.844. The lowest BCUT2D eigenvalue weighted by Crippen LogP contribution is -2.35. The molecule has 4 nitrogen and oxygen atoms in total. The highest BCUT2D eigenvalue weighted by molar-refractivity contribution is 6.39. The molecular weight excluding hydrogens is 196 g/mol. The number of hydrogen-bond donors (Lipinski definition) is 0. The zero-order valence-electron chi connectivity index (χ0n) is 8.69. The van der Waals surface area contributed by atoms with E-state index in [0.717, 1.165) is 19.3 Å². The van der Waals surface area contributed by atoms with Crippen LogP contribution in [0.1, 0.15) is 26.2 Å².